The van der Waals surface area contributed by atoms with Crippen molar-refractivity contribution in [3.63, 3.8) is 0 Å². The van der Waals surface area contributed by atoms with Crippen LogP contribution in [0.3, 0.4) is 0 Å². The lowest BCUT2D eigenvalue weighted by atomic mass is 9.65. The highest BCUT2D eigenvalue weighted by Crippen LogP contribution is 2.40. The third-order valence-corrected chi connectivity index (χ3v) is 6.45. The van der Waals surface area contributed by atoms with E-state index in [1.54, 1.807) is 0 Å². The van der Waals surface area contributed by atoms with Crippen LogP contribution in [-0.2, 0) is 11.2 Å². The Morgan fingerprint density at radius 2 is 1.44 bits per heavy atom. The van der Waals surface area contributed by atoms with Gasteiger partial charge in [-0.1, -0.05) is 53.0 Å². The second-order valence-electron chi connectivity index (χ2n) is 9.26. The van der Waals surface area contributed by atoms with E-state index < -0.39 is 5.41 Å². The Hall–Kier alpha value is -1.79. The highest BCUT2D eigenvalue weighted by atomic mass is 16.5. The van der Waals surface area contributed by atoms with E-state index in [0.717, 1.165) is 38.5 Å². The smallest absolute Gasteiger partial charge is 0.224 e. The number of ether oxygens (including phenoxy) is 2. The number of unbranched alkanes of at least 4 members (excludes halogenated alkanes) is 3. The Balaban J connectivity index is 2.57. The van der Waals surface area contributed by atoms with Crippen molar-refractivity contribution in [3.05, 3.63) is 23.8 Å². The molecule has 1 aromatic rings. The molecule has 1 aromatic carbocycles. The summed E-state index contributed by atoms with van der Waals surface area (Å²) in [6.45, 7) is 9.45. The van der Waals surface area contributed by atoms with Gasteiger partial charge in [-0.3, -0.25) is 4.79 Å². The number of aliphatic hydroxyl groups is 2. The van der Waals surface area contributed by atoms with Gasteiger partial charge in [0, 0.05) is 26.1 Å². The first-order chi connectivity index (χ1) is 15.3. The third kappa shape index (κ3) is 8.62. The molecule has 6 nitrogen and oxygen atoms in total. The van der Waals surface area contributed by atoms with Crippen molar-refractivity contribution in [1.29, 1.82) is 0 Å². The van der Waals surface area contributed by atoms with Crippen LogP contribution in [0, 0.1) is 17.3 Å². The number of primary amides is 1. The molecule has 6 heteroatoms. The highest BCUT2D eigenvalue weighted by molar-refractivity contribution is 5.81. The van der Waals surface area contributed by atoms with Crippen LogP contribution < -0.4 is 15.2 Å². The minimum atomic E-state index is -0.424. The van der Waals surface area contributed by atoms with Crippen molar-refractivity contribution in [3.8, 4) is 11.5 Å². The quantitative estimate of drug-likeness (QED) is 0.286. The molecule has 0 atom stereocenters. The van der Waals surface area contributed by atoms with Crippen LogP contribution in [0.5, 0.6) is 11.5 Å². The number of benzene rings is 1. The summed E-state index contributed by atoms with van der Waals surface area (Å²) in [6.07, 6.45) is 7.18. The normalized spacial score (nSPS) is 11.9. The fraction of sp³-hybridized carbons (Fsp3) is 0.731. The molecule has 1 amide bonds. The lowest BCUT2D eigenvalue weighted by Gasteiger charge is -2.38. The number of carbonyl (C=O) groups is 1. The van der Waals surface area contributed by atoms with Crippen molar-refractivity contribution in [2.24, 2.45) is 23.0 Å². The molecule has 0 spiro atoms. The van der Waals surface area contributed by atoms with E-state index in [1.807, 2.05) is 12.1 Å². The number of amides is 1. The Morgan fingerprint density at radius 1 is 0.875 bits per heavy atom. The van der Waals surface area contributed by atoms with E-state index in [2.05, 4.69) is 33.8 Å². The topological polar surface area (TPSA) is 102 Å². The standard InChI is InChI=1S/C26H45NO5/c1-20(2)26(21(3)4,25(27)30)14-8-6-5-7-11-22-12-13-23(31-17-9-15-28)24(19-22)32-18-10-16-29/h12-13,19-21,28-29H,5-11,14-18H2,1-4H3,(H2,27,30). The van der Waals surface area contributed by atoms with Gasteiger partial charge in [-0.15, -0.1) is 0 Å². The molecule has 0 aliphatic rings. The zero-order valence-corrected chi connectivity index (χ0v) is 20.6. The third-order valence-electron chi connectivity index (χ3n) is 6.45. The molecule has 4 N–H and O–H groups in total. The predicted molar refractivity (Wildman–Crippen MR) is 129 cm³/mol. The van der Waals surface area contributed by atoms with Gasteiger partial charge >= 0.3 is 0 Å². The zero-order chi connectivity index (χ0) is 24.0. The summed E-state index contributed by atoms with van der Waals surface area (Å²) >= 11 is 0. The predicted octanol–water partition coefficient (Wildman–Crippen LogP) is 4.49. The molecule has 184 valence electrons. The first-order valence-corrected chi connectivity index (χ1v) is 12.2. The van der Waals surface area contributed by atoms with Gasteiger partial charge in [-0.2, -0.15) is 0 Å². The van der Waals surface area contributed by atoms with Crippen molar-refractivity contribution in [1.82, 2.24) is 0 Å². The maximum absolute atomic E-state index is 12.2. The lowest BCUT2D eigenvalue weighted by Crippen LogP contribution is -2.45. The summed E-state index contributed by atoms with van der Waals surface area (Å²) in [5.74, 6) is 1.67. The van der Waals surface area contributed by atoms with Gasteiger partial charge in [-0.25, -0.2) is 0 Å². The monoisotopic (exact) mass is 451 g/mol. The van der Waals surface area contributed by atoms with Crippen molar-refractivity contribution >= 4 is 5.91 Å². The van der Waals surface area contributed by atoms with E-state index in [4.69, 9.17) is 25.4 Å². The number of hydrogen-bond donors (Lipinski definition) is 3. The second-order valence-corrected chi connectivity index (χ2v) is 9.26. The fourth-order valence-corrected chi connectivity index (χ4v) is 4.47. The van der Waals surface area contributed by atoms with E-state index in [0.29, 0.717) is 37.6 Å². The molecule has 0 aliphatic carbocycles. The minimum Gasteiger partial charge on any atom is -0.490 e. The average molecular weight is 452 g/mol. The summed E-state index contributed by atoms with van der Waals surface area (Å²) in [5.41, 5.74) is 6.58. The summed E-state index contributed by atoms with van der Waals surface area (Å²) in [7, 11) is 0. The Kier molecular flexibility index (Phi) is 13.3. The minimum absolute atomic E-state index is 0.0883. The molecular weight excluding hydrogens is 406 g/mol. The molecule has 0 heterocycles. The fourth-order valence-electron chi connectivity index (χ4n) is 4.47. The van der Waals surface area contributed by atoms with E-state index in [1.165, 1.54) is 5.56 Å². The average Bonchev–Trinajstić information content (AvgIpc) is 2.74. The summed E-state index contributed by atoms with van der Waals surface area (Å²) in [5, 5.41) is 18.0. The number of aryl methyl sites for hydroxylation is 1. The number of nitrogens with two attached hydrogens (primary N) is 1. The highest BCUT2D eigenvalue weighted by Gasteiger charge is 2.42. The van der Waals surface area contributed by atoms with Crippen LogP contribution in [0.1, 0.15) is 78.2 Å². The molecule has 0 saturated carbocycles. The van der Waals surface area contributed by atoms with E-state index in [9.17, 15) is 4.79 Å². The van der Waals surface area contributed by atoms with Gasteiger partial charge in [-0.05, 0) is 48.8 Å². The van der Waals surface area contributed by atoms with Crippen LogP contribution in [0.15, 0.2) is 18.2 Å². The molecule has 0 bridgehead atoms. The molecular formula is C26H45NO5. The van der Waals surface area contributed by atoms with E-state index in [-0.39, 0.29) is 31.0 Å². The molecule has 0 aliphatic heterocycles. The van der Waals surface area contributed by atoms with Crippen LogP contribution in [0.25, 0.3) is 0 Å². The maximum Gasteiger partial charge on any atom is 0.224 e. The van der Waals surface area contributed by atoms with Gasteiger partial charge < -0.3 is 25.4 Å². The summed E-state index contributed by atoms with van der Waals surface area (Å²) in [4.78, 5) is 12.2. The van der Waals surface area contributed by atoms with Gasteiger partial charge in [0.15, 0.2) is 11.5 Å². The van der Waals surface area contributed by atoms with Crippen LogP contribution in [0.2, 0.25) is 0 Å². The largest absolute Gasteiger partial charge is 0.490 e. The summed E-state index contributed by atoms with van der Waals surface area (Å²) < 4.78 is 11.5. The Bertz CT molecular complexity index is 652. The zero-order valence-electron chi connectivity index (χ0n) is 20.6. The molecule has 0 fully saturated rings. The van der Waals surface area contributed by atoms with Crippen LogP contribution >= 0.6 is 0 Å². The summed E-state index contributed by atoms with van der Waals surface area (Å²) in [6, 6.07) is 6.00. The van der Waals surface area contributed by atoms with Gasteiger partial charge in [0.1, 0.15) is 0 Å². The van der Waals surface area contributed by atoms with Crippen molar-refractivity contribution in [2.45, 2.75) is 79.1 Å². The molecule has 0 unspecified atom stereocenters. The maximum atomic E-state index is 12.2. The Labute approximate surface area is 194 Å². The van der Waals surface area contributed by atoms with Crippen molar-refractivity contribution < 1.29 is 24.5 Å². The molecule has 0 radical (unpaired) electrons. The van der Waals surface area contributed by atoms with Crippen LogP contribution in [-0.4, -0.2) is 42.5 Å². The molecule has 0 saturated heterocycles. The molecule has 0 aromatic heterocycles. The van der Waals surface area contributed by atoms with E-state index >= 15 is 0 Å². The number of rotatable bonds is 18. The first kappa shape index (κ1) is 28.2. The van der Waals surface area contributed by atoms with Gasteiger partial charge in [0.2, 0.25) is 5.91 Å². The lowest BCUT2D eigenvalue weighted by molar-refractivity contribution is -0.134. The molecule has 32 heavy (non-hydrogen) atoms. The Morgan fingerprint density at radius 3 is 1.97 bits per heavy atom. The number of carbonyl (C=O) groups excluding carboxylic acids is 1. The second kappa shape index (κ2) is 15.1. The molecule has 1 rings (SSSR count). The number of hydrogen-bond acceptors (Lipinski definition) is 5. The number of aliphatic hydroxyl groups excluding tert-OH is 2. The van der Waals surface area contributed by atoms with Crippen LogP contribution in [0.4, 0.5) is 0 Å². The van der Waals surface area contributed by atoms with Crippen molar-refractivity contribution in [2.75, 3.05) is 26.4 Å². The van der Waals surface area contributed by atoms with Gasteiger partial charge in [0.05, 0.1) is 18.6 Å². The SMILES string of the molecule is CC(C)C(CCCCCCc1ccc(OCCCO)c(OCCCO)c1)(C(N)=O)C(C)C. The van der Waals surface area contributed by atoms with Gasteiger partial charge in [0.25, 0.3) is 0 Å². The first-order valence-electron chi connectivity index (χ1n) is 12.2.